The minimum atomic E-state index is -1.08. The fraction of sp³-hybridized carbons (Fsp3) is 0.440. The topological polar surface area (TPSA) is 132 Å². The van der Waals surface area contributed by atoms with Crippen LogP contribution in [-0.2, 0) is 22.6 Å². The number of hydrogen-bond donors (Lipinski definition) is 2. The van der Waals surface area contributed by atoms with E-state index in [1.807, 2.05) is 12.1 Å². The van der Waals surface area contributed by atoms with Crippen molar-refractivity contribution in [3.05, 3.63) is 57.6 Å². The first-order valence-corrected chi connectivity index (χ1v) is 11.8. The number of benzene rings is 2. The van der Waals surface area contributed by atoms with E-state index in [9.17, 15) is 19.7 Å². The average Bonchev–Trinajstić information content (AvgIpc) is 2.90. The van der Waals surface area contributed by atoms with E-state index in [0.717, 1.165) is 11.1 Å². The van der Waals surface area contributed by atoms with Crippen LogP contribution >= 0.6 is 0 Å². The summed E-state index contributed by atoms with van der Waals surface area (Å²) in [6, 6.07) is 9.70. The summed E-state index contributed by atoms with van der Waals surface area (Å²) < 4.78 is 16.3. The number of rotatable bonds is 8. The number of carbonyl (C=O) groups is 2. The molecule has 2 aliphatic heterocycles. The maximum atomic E-state index is 13.8. The molecule has 2 heterocycles. The molecule has 11 heteroatoms. The van der Waals surface area contributed by atoms with Crippen molar-refractivity contribution in [2.24, 2.45) is 0 Å². The molecular formula is C25H30N4O7. The third-order valence-electron chi connectivity index (χ3n) is 6.67. The minimum absolute atomic E-state index is 0.000324. The van der Waals surface area contributed by atoms with Crippen LogP contribution in [0.25, 0.3) is 0 Å². The Morgan fingerprint density at radius 3 is 2.42 bits per heavy atom. The van der Waals surface area contributed by atoms with E-state index in [0.29, 0.717) is 56.9 Å². The Hall–Kier alpha value is -3.86. The van der Waals surface area contributed by atoms with Crippen LogP contribution in [0.3, 0.4) is 0 Å². The van der Waals surface area contributed by atoms with Crippen LogP contribution in [0.5, 0.6) is 17.2 Å². The van der Waals surface area contributed by atoms with Gasteiger partial charge in [0.1, 0.15) is 5.54 Å². The number of nitrogens with one attached hydrogen (secondary N) is 2. The molecule has 0 unspecified atom stereocenters. The predicted octanol–water partition coefficient (Wildman–Crippen LogP) is 1.81. The number of nitrogens with zero attached hydrogens (tertiary/aromatic N) is 2. The molecule has 2 aromatic carbocycles. The van der Waals surface area contributed by atoms with Gasteiger partial charge in [-0.2, -0.15) is 0 Å². The molecule has 1 fully saturated rings. The number of nitro benzene ring substituents is 1. The largest absolute Gasteiger partial charge is 0.493 e. The molecule has 2 aliphatic rings. The highest BCUT2D eigenvalue weighted by molar-refractivity contribution is 5.92. The van der Waals surface area contributed by atoms with Gasteiger partial charge < -0.3 is 29.7 Å². The quantitative estimate of drug-likeness (QED) is 0.416. The van der Waals surface area contributed by atoms with Crippen LogP contribution < -0.4 is 24.8 Å². The predicted molar refractivity (Wildman–Crippen MR) is 130 cm³/mol. The van der Waals surface area contributed by atoms with E-state index in [4.69, 9.17) is 14.2 Å². The van der Waals surface area contributed by atoms with Gasteiger partial charge in [-0.3, -0.25) is 19.7 Å². The summed E-state index contributed by atoms with van der Waals surface area (Å²) in [4.78, 5) is 39.1. The molecule has 11 nitrogen and oxygen atoms in total. The average molecular weight is 499 g/mol. The van der Waals surface area contributed by atoms with Gasteiger partial charge in [-0.05, 0) is 61.7 Å². The van der Waals surface area contributed by atoms with Crippen LogP contribution in [0.2, 0.25) is 0 Å². The van der Waals surface area contributed by atoms with Gasteiger partial charge in [0, 0.05) is 19.2 Å². The van der Waals surface area contributed by atoms with Crippen LogP contribution in [0.15, 0.2) is 36.4 Å². The van der Waals surface area contributed by atoms with E-state index in [1.54, 1.807) is 25.2 Å². The summed E-state index contributed by atoms with van der Waals surface area (Å²) in [6.45, 7) is 1.62. The lowest BCUT2D eigenvalue weighted by Crippen LogP contribution is -2.64. The number of hydrogen-bond acceptors (Lipinski definition) is 8. The Labute approximate surface area is 208 Å². The molecule has 192 valence electrons. The first-order valence-electron chi connectivity index (χ1n) is 11.8. The lowest BCUT2D eigenvalue weighted by atomic mass is 9.85. The molecule has 0 saturated carbocycles. The van der Waals surface area contributed by atoms with Gasteiger partial charge >= 0.3 is 5.69 Å². The second kappa shape index (κ2) is 10.8. The van der Waals surface area contributed by atoms with Crippen LogP contribution in [-0.4, -0.2) is 67.6 Å². The van der Waals surface area contributed by atoms with Crippen molar-refractivity contribution < 1.29 is 28.7 Å². The van der Waals surface area contributed by atoms with Gasteiger partial charge in [0.2, 0.25) is 5.91 Å². The summed E-state index contributed by atoms with van der Waals surface area (Å²) in [7, 11) is 3.16. The Morgan fingerprint density at radius 2 is 1.75 bits per heavy atom. The number of para-hydroxylation sites is 2. The third-order valence-corrected chi connectivity index (χ3v) is 6.67. The van der Waals surface area contributed by atoms with E-state index in [1.165, 1.54) is 18.2 Å². The molecular weight excluding hydrogens is 468 g/mol. The molecule has 2 N–H and O–H groups in total. The van der Waals surface area contributed by atoms with E-state index < -0.39 is 23.0 Å². The number of nitro groups is 1. The first-order chi connectivity index (χ1) is 17.4. The summed E-state index contributed by atoms with van der Waals surface area (Å²) in [6.07, 6.45) is 1.52. The maximum absolute atomic E-state index is 13.8. The summed E-state index contributed by atoms with van der Waals surface area (Å²) in [5.74, 6) is 0.593. The van der Waals surface area contributed by atoms with Crippen molar-refractivity contribution in [3.8, 4) is 17.2 Å². The highest BCUT2D eigenvalue weighted by Crippen LogP contribution is 2.34. The molecule has 0 aliphatic carbocycles. The van der Waals surface area contributed by atoms with Gasteiger partial charge in [-0.25, -0.2) is 0 Å². The standard InChI is InChI=1S/C25H30N4O7/c1-34-21-13-17-7-12-28(15-18(17)14-22(21)35-2)24(31)25(8-10-26-11-9-25)27-23(30)16-36-20-6-4-3-5-19(20)29(32)33/h3-6,13-14,26H,7-12,15-16H2,1-2H3,(H,27,30). The molecule has 2 aromatic rings. The monoisotopic (exact) mass is 498 g/mol. The Balaban J connectivity index is 1.48. The number of fused-ring (bicyclic) bond motifs is 1. The normalized spacial score (nSPS) is 16.4. The summed E-state index contributed by atoms with van der Waals surface area (Å²) in [5.41, 5.74) is 0.764. The lowest BCUT2D eigenvalue weighted by Gasteiger charge is -2.42. The maximum Gasteiger partial charge on any atom is 0.310 e. The molecule has 0 aromatic heterocycles. The molecule has 36 heavy (non-hydrogen) atoms. The first kappa shape index (κ1) is 25.2. The third kappa shape index (κ3) is 5.20. The molecule has 0 atom stereocenters. The number of methoxy groups -OCH3 is 2. The number of piperidine rings is 1. The van der Waals surface area contributed by atoms with Gasteiger partial charge in [0.15, 0.2) is 23.9 Å². The molecule has 2 amide bonds. The number of amides is 2. The van der Waals surface area contributed by atoms with Gasteiger partial charge in [-0.15, -0.1) is 0 Å². The van der Waals surface area contributed by atoms with E-state index in [-0.39, 0.29) is 17.3 Å². The van der Waals surface area contributed by atoms with Crippen molar-refractivity contribution in [2.75, 3.05) is 40.5 Å². The number of ether oxygens (including phenoxy) is 3. The highest BCUT2D eigenvalue weighted by Gasteiger charge is 2.44. The van der Waals surface area contributed by atoms with Crippen molar-refractivity contribution in [3.63, 3.8) is 0 Å². The smallest absolute Gasteiger partial charge is 0.310 e. The van der Waals surface area contributed by atoms with E-state index in [2.05, 4.69) is 10.6 Å². The minimum Gasteiger partial charge on any atom is -0.493 e. The van der Waals surface area contributed by atoms with Gasteiger partial charge in [0.05, 0.1) is 19.1 Å². The second-order valence-corrected chi connectivity index (χ2v) is 8.85. The number of carbonyl (C=O) groups excluding carboxylic acids is 2. The highest BCUT2D eigenvalue weighted by atomic mass is 16.6. The van der Waals surface area contributed by atoms with Crippen molar-refractivity contribution >= 4 is 17.5 Å². The molecule has 0 bridgehead atoms. The summed E-state index contributed by atoms with van der Waals surface area (Å²) >= 11 is 0. The van der Waals surface area contributed by atoms with Crippen molar-refractivity contribution in [2.45, 2.75) is 31.3 Å². The van der Waals surface area contributed by atoms with E-state index >= 15 is 0 Å². The fourth-order valence-electron chi connectivity index (χ4n) is 4.78. The van der Waals surface area contributed by atoms with Crippen LogP contribution in [0.4, 0.5) is 5.69 Å². The molecule has 0 radical (unpaired) electrons. The Kier molecular flexibility index (Phi) is 7.58. The van der Waals surface area contributed by atoms with Gasteiger partial charge in [-0.1, -0.05) is 12.1 Å². The van der Waals surface area contributed by atoms with Crippen LogP contribution in [0, 0.1) is 10.1 Å². The van der Waals surface area contributed by atoms with Gasteiger partial charge in [0.25, 0.3) is 5.91 Å². The van der Waals surface area contributed by atoms with Crippen molar-refractivity contribution in [1.82, 2.24) is 15.5 Å². The molecule has 0 spiro atoms. The fourth-order valence-corrected chi connectivity index (χ4v) is 4.78. The van der Waals surface area contributed by atoms with Crippen LogP contribution in [0.1, 0.15) is 24.0 Å². The zero-order chi connectivity index (χ0) is 25.7. The molecule has 4 rings (SSSR count). The zero-order valence-corrected chi connectivity index (χ0v) is 20.4. The summed E-state index contributed by atoms with van der Waals surface area (Å²) in [5, 5.41) is 17.4. The van der Waals surface area contributed by atoms with Crippen molar-refractivity contribution in [1.29, 1.82) is 0 Å². The lowest BCUT2D eigenvalue weighted by molar-refractivity contribution is -0.385. The zero-order valence-electron chi connectivity index (χ0n) is 20.4. The second-order valence-electron chi connectivity index (χ2n) is 8.85. The molecule has 1 saturated heterocycles. The Morgan fingerprint density at radius 1 is 1.08 bits per heavy atom. The SMILES string of the molecule is COc1cc2c(cc1OC)CN(C(=O)C1(NC(=O)COc3ccccc3[N+](=O)[O-])CCNCC1)CC2. The Bertz CT molecular complexity index is 1150.